The highest BCUT2D eigenvalue weighted by atomic mass is 16.6. The van der Waals surface area contributed by atoms with E-state index in [0.717, 1.165) is 42.4 Å². The summed E-state index contributed by atoms with van der Waals surface area (Å²) in [6.45, 7) is 2.22. The molecule has 1 saturated heterocycles. The van der Waals surface area contributed by atoms with Crippen LogP contribution in [-0.2, 0) is 4.84 Å². The minimum Gasteiger partial charge on any atom is -0.457 e. The van der Waals surface area contributed by atoms with Gasteiger partial charge in [0.15, 0.2) is 6.10 Å². The van der Waals surface area contributed by atoms with E-state index in [4.69, 9.17) is 9.57 Å². The average Bonchev–Trinajstić information content (AvgIpc) is 3.28. The molecule has 4 rings (SSSR count). The third-order valence-electron chi connectivity index (χ3n) is 4.36. The molecule has 0 aliphatic carbocycles. The molecule has 0 amide bonds. The van der Waals surface area contributed by atoms with Gasteiger partial charge in [-0.25, -0.2) is 0 Å². The summed E-state index contributed by atoms with van der Waals surface area (Å²) in [5, 5.41) is 4.28. The van der Waals surface area contributed by atoms with Gasteiger partial charge in [-0.1, -0.05) is 35.5 Å². The van der Waals surface area contributed by atoms with Gasteiger partial charge in [-0.15, -0.1) is 0 Å². The molecule has 1 atom stereocenters. The van der Waals surface area contributed by atoms with Gasteiger partial charge in [-0.3, -0.25) is 0 Å². The molecule has 4 heteroatoms. The molecule has 0 radical (unpaired) electrons. The van der Waals surface area contributed by atoms with Crippen molar-refractivity contribution in [3.63, 3.8) is 0 Å². The van der Waals surface area contributed by atoms with Crippen molar-refractivity contribution in [2.45, 2.75) is 25.4 Å². The predicted molar refractivity (Wildman–Crippen MR) is 89.6 cm³/mol. The molecule has 4 nitrogen and oxygen atoms in total. The first kappa shape index (κ1) is 14.1. The first-order valence-electron chi connectivity index (χ1n) is 8.19. The number of oxime groups is 1. The molecule has 1 fully saturated rings. The molecule has 2 aromatic carbocycles. The van der Waals surface area contributed by atoms with E-state index in [2.05, 4.69) is 22.2 Å². The molecule has 0 bridgehead atoms. The zero-order valence-corrected chi connectivity index (χ0v) is 13.0. The van der Waals surface area contributed by atoms with E-state index >= 15 is 0 Å². The lowest BCUT2D eigenvalue weighted by Crippen LogP contribution is -2.26. The zero-order chi connectivity index (χ0) is 15.5. The maximum Gasteiger partial charge on any atom is 0.159 e. The second-order valence-electron chi connectivity index (χ2n) is 5.98. The normalized spacial score (nSPS) is 20.3. The Morgan fingerprint density at radius 1 is 0.913 bits per heavy atom. The number of likely N-dealkylation sites (tertiary alicyclic amines) is 1. The second kappa shape index (κ2) is 6.32. The van der Waals surface area contributed by atoms with E-state index in [9.17, 15) is 0 Å². The molecule has 2 aliphatic rings. The van der Waals surface area contributed by atoms with Crippen molar-refractivity contribution in [1.82, 2.24) is 4.90 Å². The van der Waals surface area contributed by atoms with Crippen molar-refractivity contribution in [2.75, 3.05) is 13.1 Å². The van der Waals surface area contributed by atoms with Crippen molar-refractivity contribution in [2.24, 2.45) is 5.16 Å². The molecule has 0 N–H and O–H groups in total. The van der Waals surface area contributed by atoms with E-state index in [0.29, 0.717) is 0 Å². The van der Waals surface area contributed by atoms with Crippen LogP contribution in [0.1, 0.15) is 30.9 Å². The lowest BCUT2D eigenvalue weighted by Gasteiger charge is -2.15. The SMILES string of the molecule is c1ccc(Oc2ccc([C@H]3CC(N4CCCC4)=NO3)cc2)cc1. The first-order chi connectivity index (χ1) is 11.4. The molecule has 118 valence electrons. The Morgan fingerprint density at radius 2 is 1.61 bits per heavy atom. The van der Waals surface area contributed by atoms with Gasteiger partial charge in [0.1, 0.15) is 17.3 Å². The van der Waals surface area contributed by atoms with Crippen molar-refractivity contribution in [3.8, 4) is 11.5 Å². The van der Waals surface area contributed by atoms with Crippen LogP contribution in [0.3, 0.4) is 0 Å². The van der Waals surface area contributed by atoms with Gasteiger partial charge in [0.2, 0.25) is 0 Å². The van der Waals surface area contributed by atoms with E-state index in [-0.39, 0.29) is 6.10 Å². The van der Waals surface area contributed by atoms with Crippen molar-refractivity contribution >= 4 is 5.84 Å². The molecule has 0 aromatic heterocycles. The van der Waals surface area contributed by atoms with Gasteiger partial charge in [0, 0.05) is 13.1 Å². The van der Waals surface area contributed by atoms with E-state index in [1.807, 2.05) is 42.5 Å². The summed E-state index contributed by atoms with van der Waals surface area (Å²) in [6, 6.07) is 17.9. The summed E-state index contributed by atoms with van der Waals surface area (Å²) in [6.07, 6.45) is 3.40. The summed E-state index contributed by atoms with van der Waals surface area (Å²) < 4.78 is 5.82. The third-order valence-corrected chi connectivity index (χ3v) is 4.36. The number of ether oxygens (including phenoxy) is 1. The smallest absolute Gasteiger partial charge is 0.159 e. The quantitative estimate of drug-likeness (QED) is 0.845. The topological polar surface area (TPSA) is 34.1 Å². The Kier molecular flexibility index (Phi) is 3.88. The van der Waals surface area contributed by atoms with Crippen LogP contribution in [-0.4, -0.2) is 23.8 Å². The van der Waals surface area contributed by atoms with Crippen LogP contribution in [0.15, 0.2) is 59.8 Å². The van der Waals surface area contributed by atoms with Gasteiger partial charge in [0.05, 0.1) is 6.42 Å². The summed E-state index contributed by atoms with van der Waals surface area (Å²) in [5.41, 5.74) is 1.14. The fraction of sp³-hybridized carbons (Fsp3) is 0.316. The van der Waals surface area contributed by atoms with Crippen LogP contribution < -0.4 is 4.74 Å². The molecular formula is C19H20N2O2. The molecule has 0 unspecified atom stereocenters. The monoisotopic (exact) mass is 308 g/mol. The largest absolute Gasteiger partial charge is 0.457 e. The summed E-state index contributed by atoms with van der Waals surface area (Å²) in [4.78, 5) is 7.97. The summed E-state index contributed by atoms with van der Waals surface area (Å²) >= 11 is 0. The Labute approximate surface area is 136 Å². The maximum absolute atomic E-state index is 5.82. The zero-order valence-electron chi connectivity index (χ0n) is 13.0. The van der Waals surface area contributed by atoms with Gasteiger partial charge in [-0.2, -0.15) is 0 Å². The van der Waals surface area contributed by atoms with Crippen LogP contribution >= 0.6 is 0 Å². The average molecular weight is 308 g/mol. The minimum absolute atomic E-state index is 0.0244. The molecule has 2 aromatic rings. The van der Waals surface area contributed by atoms with Crippen LogP contribution in [0.5, 0.6) is 11.5 Å². The molecule has 0 spiro atoms. The third kappa shape index (κ3) is 3.16. The van der Waals surface area contributed by atoms with Gasteiger partial charge in [-0.05, 0) is 42.7 Å². The number of hydrogen-bond donors (Lipinski definition) is 0. The number of para-hydroxylation sites is 1. The maximum atomic E-state index is 5.82. The van der Waals surface area contributed by atoms with Crippen LogP contribution in [0.25, 0.3) is 0 Å². The lowest BCUT2D eigenvalue weighted by atomic mass is 10.1. The predicted octanol–water partition coefficient (Wildman–Crippen LogP) is 4.35. The Morgan fingerprint density at radius 3 is 2.35 bits per heavy atom. The van der Waals surface area contributed by atoms with Gasteiger partial charge in [0.25, 0.3) is 0 Å². The highest BCUT2D eigenvalue weighted by Gasteiger charge is 2.27. The van der Waals surface area contributed by atoms with Crippen LogP contribution in [0, 0.1) is 0 Å². The second-order valence-corrected chi connectivity index (χ2v) is 5.98. The fourth-order valence-electron chi connectivity index (χ4n) is 3.08. The van der Waals surface area contributed by atoms with Crippen LogP contribution in [0.2, 0.25) is 0 Å². The molecule has 0 saturated carbocycles. The number of hydrogen-bond acceptors (Lipinski definition) is 4. The van der Waals surface area contributed by atoms with Crippen molar-refractivity contribution in [1.29, 1.82) is 0 Å². The van der Waals surface area contributed by atoms with Gasteiger partial charge < -0.3 is 14.5 Å². The van der Waals surface area contributed by atoms with Crippen LogP contribution in [0.4, 0.5) is 0 Å². The van der Waals surface area contributed by atoms with Gasteiger partial charge >= 0.3 is 0 Å². The van der Waals surface area contributed by atoms with E-state index < -0.39 is 0 Å². The Bertz CT molecular complexity index is 676. The van der Waals surface area contributed by atoms with E-state index in [1.54, 1.807) is 0 Å². The Balaban J connectivity index is 1.39. The van der Waals surface area contributed by atoms with Crippen molar-refractivity contribution in [3.05, 3.63) is 60.2 Å². The highest BCUT2D eigenvalue weighted by molar-refractivity contribution is 5.83. The molecule has 23 heavy (non-hydrogen) atoms. The summed E-state index contributed by atoms with van der Waals surface area (Å²) in [5.74, 6) is 2.77. The van der Waals surface area contributed by atoms with E-state index in [1.165, 1.54) is 12.8 Å². The van der Waals surface area contributed by atoms with Crippen molar-refractivity contribution < 1.29 is 9.57 Å². The standard InChI is InChI=1S/C19H20N2O2/c1-2-6-16(7-3-1)22-17-10-8-15(9-11-17)18-14-19(20-23-18)21-12-4-5-13-21/h1-3,6-11,18H,4-5,12-14H2/t18-/m1/s1. The lowest BCUT2D eigenvalue weighted by molar-refractivity contribution is 0.0855. The molecule has 2 aliphatic heterocycles. The molecule has 2 heterocycles. The first-order valence-corrected chi connectivity index (χ1v) is 8.19. The molecular weight excluding hydrogens is 288 g/mol. The fourth-order valence-corrected chi connectivity index (χ4v) is 3.08. The number of benzene rings is 2. The number of rotatable bonds is 3. The highest BCUT2D eigenvalue weighted by Crippen LogP contribution is 2.31. The summed E-state index contributed by atoms with van der Waals surface area (Å²) in [7, 11) is 0. The number of amidine groups is 1. The minimum atomic E-state index is 0.0244. The number of nitrogens with zero attached hydrogens (tertiary/aromatic N) is 2. The Hall–Kier alpha value is -2.49.